The Kier molecular flexibility index (Phi) is 7.00. The molecular weight excluding hydrogens is 258 g/mol. The normalized spacial score (nSPS) is 13.8. The highest BCUT2D eigenvalue weighted by Gasteiger charge is 2.10. The predicted molar refractivity (Wildman–Crippen MR) is 78.7 cm³/mol. The number of primary amides is 1. The summed E-state index contributed by atoms with van der Waals surface area (Å²) in [5, 5.41) is 5.91. The second kappa shape index (κ2) is 8.52. The minimum atomic E-state index is -0.563. The fraction of sp³-hybridized carbons (Fsp3) is 0.500. The Morgan fingerprint density at radius 1 is 1.30 bits per heavy atom. The molecule has 6 heteroatoms. The van der Waals surface area contributed by atoms with Gasteiger partial charge in [-0.2, -0.15) is 0 Å². The van der Waals surface area contributed by atoms with Gasteiger partial charge in [0.2, 0.25) is 0 Å². The summed E-state index contributed by atoms with van der Waals surface area (Å²) >= 11 is 0. The van der Waals surface area contributed by atoms with E-state index >= 15 is 0 Å². The van der Waals surface area contributed by atoms with E-state index in [2.05, 4.69) is 17.6 Å². The molecule has 0 aliphatic rings. The molecule has 0 fully saturated rings. The molecule has 1 aromatic rings. The smallest absolute Gasteiger partial charge is 0.316 e. The SMILES string of the molecule is COCC(CNC(C)c1ccc(NC(N)=O)cc1)OC. The highest BCUT2D eigenvalue weighted by atomic mass is 16.5. The second-order valence-corrected chi connectivity index (χ2v) is 4.55. The Balaban J connectivity index is 2.50. The zero-order chi connectivity index (χ0) is 15.0. The van der Waals surface area contributed by atoms with E-state index < -0.39 is 6.03 Å². The Hall–Kier alpha value is -1.63. The Morgan fingerprint density at radius 3 is 2.45 bits per heavy atom. The summed E-state index contributed by atoms with van der Waals surface area (Å²) < 4.78 is 10.4. The van der Waals surface area contributed by atoms with Gasteiger partial charge in [-0.3, -0.25) is 0 Å². The molecule has 0 saturated heterocycles. The molecule has 112 valence electrons. The van der Waals surface area contributed by atoms with E-state index in [9.17, 15) is 4.79 Å². The molecule has 0 aliphatic heterocycles. The second-order valence-electron chi connectivity index (χ2n) is 4.55. The first-order valence-corrected chi connectivity index (χ1v) is 6.48. The van der Waals surface area contributed by atoms with Crippen LogP contribution in [0.1, 0.15) is 18.5 Å². The molecular formula is C14H23N3O3. The first kappa shape index (κ1) is 16.4. The maximum atomic E-state index is 10.7. The third-order valence-electron chi connectivity index (χ3n) is 3.02. The minimum Gasteiger partial charge on any atom is -0.382 e. The van der Waals surface area contributed by atoms with Crippen molar-refractivity contribution < 1.29 is 14.3 Å². The van der Waals surface area contributed by atoms with E-state index in [1.165, 1.54) is 0 Å². The first-order valence-electron chi connectivity index (χ1n) is 6.48. The summed E-state index contributed by atoms with van der Waals surface area (Å²) in [6.45, 7) is 3.32. The maximum absolute atomic E-state index is 10.7. The van der Waals surface area contributed by atoms with E-state index in [1.807, 2.05) is 24.3 Å². The predicted octanol–water partition coefficient (Wildman–Crippen LogP) is 1.49. The fourth-order valence-electron chi connectivity index (χ4n) is 1.82. The molecule has 0 spiro atoms. The monoisotopic (exact) mass is 281 g/mol. The molecule has 1 aromatic carbocycles. The van der Waals surface area contributed by atoms with Crippen LogP contribution >= 0.6 is 0 Å². The van der Waals surface area contributed by atoms with Crippen molar-refractivity contribution >= 4 is 11.7 Å². The van der Waals surface area contributed by atoms with E-state index in [4.69, 9.17) is 15.2 Å². The lowest BCUT2D eigenvalue weighted by Crippen LogP contribution is -2.33. The molecule has 0 heterocycles. The van der Waals surface area contributed by atoms with Gasteiger partial charge in [-0.15, -0.1) is 0 Å². The summed E-state index contributed by atoms with van der Waals surface area (Å²) in [7, 11) is 3.32. The first-order chi connectivity index (χ1) is 9.56. The molecule has 0 aromatic heterocycles. The van der Waals surface area contributed by atoms with Crippen LogP contribution in [0.15, 0.2) is 24.3 Å². The molecule has 6 nitrogen and oxygen atoms in total. The van der Waals surface area contributed by atoms with Gasteiger partial charge in [-0.1, -0.05) is 12.1 Å². The average Bonchev–Trinajstić information content (AvgIpc) is 2.43. The highest BCUT2D eigenvalue weighted by Crippen LogP contribution is 2.16. The number of nitrogens with two attached hydrogens (primary N) is 1. The molecule has 2 amide bonds. The van der Waals surface area contributed by atoms with Crippen molar-refractivity contribution in [3.05, 3.63) is 29.8 Å². The van der Waals surface area contributed by atoms with Gasteiger partial charge in [-0.25, -0.2) is 4.79 Å². The third-order valence-corrected chi connectivity index (χ3v) is 3.02. The van der Waals surface area contributed by atoms with Gasteiger partial charge in [0.25, 0.3) is 0 Å². The van der Waals surface area contributed by atoms with Crippen LogP contribution in [-0.4, -0.2) is 39.5 Å². The van der Waals surface area contributed by atoms with Gasteiger partial charge in [0.1, 0.15) is 0 Å². The van der Waals surface area contributed by atoms with Crippen LogP contribution in [0.2, 0.25) is 0 Å². The Labute approximate surface area is 119 Å². The van der Waals surface area contributed by atoms with E-state index in [-0.39, 0.29) is 12.1 Å². The largest absolute Gasteiger partial charge is 0.382 e. The average molecular weight is 281 g/mol. The van der Waals surface area contributed by atoms with E-state index in [0.29, 0.717) is 18.8 Å². The topological polar surface area (TPSA) is 85.6 Å². The van der Waals surface area contributed by atoms with Gasteiger partial charge in [-0.05, 0) is 24.6 Å². The van der Waals surface area contributed by atoms with Crippen LogP contribution in [0.3, 0.4) is 0 Å². The molecule has 2 unspecified atom stereocenters. The van der Waals surface area contributed by atoms with Crippen LogP contribution < -0.4 is 16.4 Å². The van der Waals surface area contributed by atoms with Gasteiger partial charge < -0.3 is 25.8 Å². The van der Waals surface area contributed by atoms with Crippen LogP contribution in [0.5, 0.6) is 0 Å². The number of nitrogens with one attached hydrogen (secondary N) is 2. The summed E-state index contributed by atoms with van der Waals surface area (Å²) in [4.78, 5) is 10.7. The van der Waals surface area contributed by atoms with Crippen LogP contribution in [-0.2, 0) is 9.47 Å². The molecule has 20 heavy (non-hydrogen) atoms. The minimum absolute atomic E-state index is 0.0262. The van der Waals surface area contributed by atoms with Crippen molar-refractivity contribution in [3.63, 3.8) is 0 Å². The number of hydrogen-bond donors (Lipinski definition) is 3. The summed E-state index contributed by atoms with van der Waals surface area (Å²) in [5.41, 5.74) is 6.86. The fourth-order valence-corrected chi connectivity index (χ4v) is 1.82. The highest BCUT2D eigenvalue weighted by molar-refractivity contribution is 5.87. The quantitative estimate of drug-likeness (QED) is 0.674. The van der Waals surface area contributed by atoms with Gasteiger partial charge in [0.05, 0.1) is 12.7 Å². The standard InChI is InChI=1S/C14H23N3O3/c1-10(16-8-13(20-3)9-19-2)11-4-6-12(7-5-11)17-14(15)18/h4-7,10,13,16H,8-9H2,1-3H3,(H3,15,17,18). The van der Waals surface area contributed by atoms with Gasteiger partial charge in [0, 0.05) is 32.5 Å². The molecule has 4 N–H and O–H groups in total. The lowest BCUT2D eigenvalue weighted by Gasteiger charge is -2.19. The number of rotatable bonds is 8. The molecule has 0 saturated carbocycles. The number of urea groups is 1. The summed E-state index contributed by atoms with van der Waals surface area (Å²) in [6.07, 6.45) is 0.0262. The Morgan fingerprint density at radius 2 is 1.95 bits per heavy atom. The Bertz CT molecular complexity index is 409. The number of carbonyl (C=O) groups is 1. The lowest BCUT2D eigenvalue weighted by molar-refractivity contribution is 0.0276. The van der Waals surface area contributed by atoms with Crippen molar-refractivity contribution in [1.82, 2.24) is 5.32 Å². The maximum Gasteiger partial charge on any atom is 0.316 e. The van der Waals surface area contributed by atoms with Gasteiger partial charge >= 0.3 is 6.03 Å². The number of methoxy groups -OCH3 is 2. The van der Waals surface area contributed by atoms with Crippen LogP contribution in [0.4, 0.5) is 10.5 Å². The number of ether oxygens (including phenoxy) is 2. The zero-order valence-corrected chi connectivity index (χ0v) is 12.2. The summed E-state index contributed by atoms with van der Waals surface area (Å²) in [5.74, 6) is 0. The summed E-state index contributed by atoms with van der Waals surface area (Å²) in [6, 6.07) is 7.14. The number of benzene rings is 1. The van der Waals surface area contributed by atoms with Crippen LogP contribution in [0.25, 0.3) is 0 Å². The molecule has 0 radical (unpaired) electrons. The number of carbonyl (C=O) groups excluding carboxylic acids is 1. The lowest BCUT2D eigenvalue weighted by atomic mass is 10.1. The van der Waals surface area contributed by atoms with Crippen molar-refractivity contribution in [2.45, 2.75) is 19.1 Å². The molecule has 0 bridgehead atoms. The van der Waals surface area contributed by atoms with Crippen molar-refractivity contribution in [2.75, 3.05) is 32.7 Å². The van der Waals surface area contributed by atoms with Crippen molar-refractivity contribution in [3.8, 4) is 0 Å². The number of anilines is 1. The number of hydrogen-bond acceptors (Lipinski definition) is 4. The third kappa shape index (κ3) is 5.56. The van der Waals surface area contributed by atoms with E-state index in [1.54, 1.807) is 14.2 Å². The van der Waals surface area contributed by atoms with Gasteiger partial charge in [0.15, 0.2) is 0 Å². The number of amides is 2. The zero-order valence-electron chi connectivity index (χ0n) is 12.2. The molecule has 0 aliphatic carbocycles. The van der Waals surface area contributed by atoms with Crippen molar-refractivity contribution in [2.24, 2.45) is 5.73 Å². The van der Waals surface area contributed by atoms with Crippen LogP contribution in [0, 0.1) is 0 Å². The van der Waals surface area contributed by atoms with E-state index in [0.717, 1.165) is 5.56 Å². The molecule has 1 rings (SSSR count). The van der Waals surface area contributed by atoms with Crippen molar-refractivity contribution in [1.29, 1.82) is 0 Å². The molecule has 2 atom stereocenters.